The third-order valence-corrected chi connectivity index (χ3v) is 6.21. The number of ether oxygens (including phenoxy) is 2. The van der Waals surface area contributed by atoms with Crippen LogP contribution < -0.4 is 10.6 Å². The Morgan fingerprint density at radius 3 is 2.55 bits per heavy atom. The van der Waals surface area contributed by atoms with Crippen LogP contribution in [-0.4, -0.2) is 45.6 Å². The molecule has 206 valence electrons. The molecule has 0 unspecified atom stereocenters. The summed E-state index contributed by atoms with van der Waals surface area (Å²) in [6.07, 6.45) is 2.16. The minimum atomic E-state index is -1.01. The summed E-state index contributed by atoms with van der Waals surface area (Å²) in [5.41, 5.74) is 1.25. The van der Waals surface area contributed by atoms with Gasteiger partial charge in [-0.3, -0.25) is 4.79 Å². The Morgan fingerprint density at radius 2 is 1.85 bits per heavy atom. The average molecular weight is 551 g/mol. The monoisotopic (exact) mass is 550 g/mol. The quantitative estimate of drug-likeness (QED) is 0.263. The molecule has 4 aromatic rings. The summed E-state index contributed by atoms with van der Waals surface area (Å²) in [5, 5.41) is 5.60. The molecule has 3 heterocycles. The molecule has 0 saturated carbocycles. The number of carbonyl (C=O) groups is 1. The van der Waals surface area contributed by atoms with Gasteiger partial charge >= 0.3 is 0 Å². The Balaban J connectivity index is 1.44. The second kappa shape index (κ2) is 11.3. The van der Waals surface area contributed by atoms with E-state index in [4.69, 9.17) is 9.47 Å². The lowest BCUT2D eigenvalue weighted by atomic mass is 9.91. The molecule has 0 atom stereocenters. The Hall–Kier alpha value is -4.55. The lowest BCUT2D eigenvalue weighted by Crippen LogP contribution is -2.48. The maximum Gasteiger partial charge on any atom is 0.230 e. The molecule has 0 aliphatic carbocycles. The molecule has 1 saturated heterocycles. The number of halogens is 3. The van der Waals surface area contributed by atoms with Gasteiger partial charge in [0.05, 0.1) is 35.7 Å². The lowest BCUT2D eigenvalue weighted by molar-refractivity contribution is -0.230. The molecule has 9 nitrogen and oxygen atoms in total. The van der Waals surface area contributed by atoms with Gasteiger partial charge in [0.15, 0.2) is 17.5 Å². The molecule has 0 bridgehead atoms. The smallest absolute Gasteiger partial charge is 0.230 e. The van der Waals surface area contributed by atoms with Crippen LogP contribution in [0.5, 0.6) is 0 Å². The van der Waals surface area contributed by atoms with Crippen LogP contribution in [0.3, 0.4) is 0 Å². The van der Waals surface area contributed by atoms with Gasteiger partial charge in [-0.1, -0.05) is 6.08 Å². The van der Waals surface area contributed by atoms with E-state index in [1.807, 2.05) is 0 Å². The van der Waals surface area contributed by atoms with Crippen molar-refractivity contribution in [2.24, 2.45) is 5.41 Å². The predicted molar refractivity (Wildman–Crippen MR) is 141 cm³/mol. The summed E-state index contributed by atoms with van der Waals surface area (Å²) in [6, 6.07) is 10.7. The van der Waals surface area contributed by atoms with Crippen LogP contribution in [0.25, 0.3) is 22.6 Å². The zero-order valence-corrected chi connectivity index (χ0v) is 21.4. The van der Waals surface area contributed by atoms with Crippen molar-refractivity contribution in [3.05, 3.63) is 90.7 Å². The minimum absolute atomic E-state index is 0.0817. The van der Waals surface area contributed by atoms with Crippen LogP contribution in [0, 0.1) is 22.9 Å². The van der Waals surface area contributed by atoms with Gasteiger partial charge in [0, 0.05) is 30.1 Å². The van der Waals surface area contributed by atoms with E-state index in [1.54, 1.807) is 31.2 Å². The van der Waals surface area contributed by atoms with E-state index < -0.39 is 29.2 Å². The molecule has 1 fully saturated rings. The Labute approximate surface area is 227 Å². The number of hydrogen-bond acceptors (Lipinski definition) is 7. The van der Waals surface area contributed by atoms with E-state index in [2.05, 4.69) is 37.1 Å². The van der Waals surface area contributed by atoms with E-state index in [-0.39, 0.29) is 30.8 Å². The SMILES string of the molecule is C=CCNC(=O)C1(C)COC(c2nc(-c3ccc(F)cc3)c(-c3ccnc(Nc4ccc(F)c(F)c4)n3)[nH]2)OC1. The molecule has 5 rings (SSSR count). The van der Waals surface area contributed by atoms with E-state index in [9.17, 15) is 18.0 Å². The summed E-state index contributed by atoms with van der Waals surface area (Å²) in [7, 11) is 0. The van der Waals surface area contributed by atoms with Gasteiger partial charge in [-0.15, -0.1) is 6.58 Å². The molecule has 3 N–H and O–H groups in total. The molecule has 2 aromatic heterocycles. The van der Waals surface area contributed by atoms with Crippen molar-refractivity contribution in [1.82, 2.24) is 25.3 Å². The maximum absolute atomic E-state index is 13.7. The normalized spacial score (nSPS) is 18.8. The predicted octanol–water partition coefficient (Wildman–Crippen LogP) is 5.05. The number of benzene rings is 2. The number of H-pyrrole nitrogens is 1. The third-order valence-electron chi connectivity index (χ3n) is 6.21. The Morgan fingerprint density at radius 1 is 1.10 bits per heavy atom. The fraction of sp³-hybridized carbons (Fsp3) is 0.214. The van der Waals surface area contributed by atoms with Crippen molar-refractivity contribution >= 4 is 17.5 Å². The highest BCUT2D eigenvalue weighted by atomic mass is 19.2. The maximum atomic E-state index is 13.7. The Bertz CT molecular complexity index is 1530. The standard InChI is InChI=1S/C28H25F3N6O3/c1-3-11-32-26(38)28(2)14-39-25(40-15-28)24-36-22(16-4-6-17(29)7-5-16)23(37-24)21-10-12-33-27(35-21)34-18-8-9-19(30)20(31)13-18/h3-10,12-13,25H,1,11,14-15H2,2H3,(H,32,38)(H,36,37)(H,33,34,35). The summed E-state index contributed by atoms with van der Waals surface area (Å²) in [5.74, 6) is -2.18. The van der Waals surface area contributed by atoms with Crippen molar-refractivity contribution in [3.63, 3.8) is 0 Å². The van der Waals surface area contributed by atoms with Crippen molar-refractivity contribution in [2.75, 3.05) is 25.1 Å². The van der Waals surface area contributed by atoms with Crippen LogP contribution in [0.2, 0.25) is 0 Å². The average Bonchev–Trinajstić information content (AvgIpc) is 3.40. The van der Waals surface area contributed by atoms with E-state index in [0.29, 0.717) is 35.0 Å². The largest absolute Gasteiger partial charge is 0.352 e. The van der Waals surface area contributed by atoms with Gasteiger partial charge in [0.25, 0.3) is 0 Å². The number of aromatic nitrogens is 4. The highest BCUT2D eigenvalue weighted by Gasteiger charge is 2.40. The second-order valence-corrected chi connectivity index (χ2v) is 9.39. The number of amides is 1. The topological polar surface area (TPSA) is 114 Å². The first-order valence-corrected chi connectivity index (χ1v) is 12.3. The molecular weight excluding hydrogens is 525 g/mol. The molecule has 12 heteroatoms. The number of anilines is 2. The number of carbonyl (C=O) groups excluding carboxylic acids is 1. The molecule has 1 aliphatic rings. The molecule has 2 aromatic carbocycles. The summed E-state index contributed by atoms with van der Waals surface area (Å²) in [6.45, 7) is 5.83. The van der Waals surface area contributed by atoms with Gasteiger partial charge in [-0.2, -0.15) is 0 Å². The summed E-state index contributed by atoms with van der Waals surface area (Å²) < 4.78 is 52.4. The van der Waals surface area contributed by atoms with Crippen LogP contribution in [0.15, 0.2) is 67.4 Å². The van der Waals surface area contributed by atoms with Gasteiger partial charge in [-0.25, -0.2) is 28.1 Å². The van der Waals surface area contributed by atoms with Crippen LogP contribution in [0.4, 0.5) is 24.8 Å². The number of rotatable bonds is 8. The van der Waals surface area contributed by atoms with Crippen LogP contribution in [0.1, 0.15) is 19.0 Å². The fourth-order valence-corrected chi connectivity index (χ4v) is 4.04. The summed E-state index contributed by atoms with van der Waals surface area (Å²) in [4.78, 5) is 29.1. The highest BCUT2D eigenvalue weighted by Crippen LogP contribution is 2.35. The fourth-order valence-electron chi connectivity index (χ4n) is 4.04. The zero-order chi connectivity index (χ0) is 28.3. The van der Waals surface area contributed by atoms with Crippen molar-refractivity contribution in [1.29, 1.82) is 0 Å². The number of nitrogens with one attached hydrogen (secondary N) is 3. The Kier molecular flexibility index (Phi) is 7.63. The van der Waals surface area contributed by atoms with E-state index >= 15 is 0 Å². The van der Waals surface area contributed by atoms with Crippen LogP contribution >= 0.6 is 0 Å². The number of aromatic amines is 1. The van der Waals surface area contributed by atoms with Crippen LogP contribution in [-0.2, 0) is 14.3 Å². The molecule has 0 spiro atoms. The van der Waals surface area contributed by atoms with Gasteiger partial charge in [-0.05, 0) is 49.4 Å². The van der Waals surface area contributed by atoms with Crippen molar-refractivity contribution < 1.29 is 27.4 Å². The molecule has 0 radical (unpaired) electrons. The molecule has 40 heavy (non-hydrogen) atoms. The lowest BCUT2D eigenvalue weighted by Gasteiger charge is -2.35. The van der Waals surface area contributed by atoms with E-state index in [1.165, 1.54) is 24.4 Å². The third kappa shape index (κ3) is 5.72. The minimum Gasteiger partial charge on any atom is -0.352 e. The van der Waals surface area contributed by atoms with Gasteiger partial charge in [0.1, 0.15) is 5.82 Å². The number of imidazole rings is 1. The zero-order valence-electron chi connectivity index (χ0n) is 21.4. The first-order chi connectivity index (χ1) is 19.3. The van der Waals surface area contributed by atoms with Crippen molar-refractivity contribution in [2.45, 2.75) is 13.2 Å². The molecule has 1 aliphatic heterocycles. The second-order valence-electron chi connectivity index (χ2n) is 9.39. The molecular formula is C28H25F3N6O3. The number of nitrogens with zero attached hydrogens (tertiary/aromatic N) is 3. The molecule has 1 amide bonds. The van der Waals surface area contributed by atoms with E-state index in [0.717, 1.165) is 12.1 Å². The first kappa shape index (κ1) is 27.0. The number of hydrogen-bond donors (Lipinski definition) is 3. The first-order valence-electron chi connectivity index (χ1n) is 12.3. The van der Waals surface area contributed by atoms with Gasteiger partial charge in [0.2, 0.25) is 18.1 Å². The highest BCUT2D eigenvalue weighted by molar-refractivity contribution is 5.82. The van der Waals surface area contributed by atoms with Crippen molar-refractivity contribution in [3.8, 4) is 22.6 Å². The van der Waals surface area contributed by atoms with Gasteiger partial charge < -0.3 is 25.1 Å². The summed E-state index contributed by atoms with van der Waals surface area (Å²) >= 11 is 0.